The van der Waals surface area contributed by atoms with E-state index < -0.39 is 0 Å². The van der Waals surface area contributed by atoms with Gasteiger partial charge in [0.25, 0.3) is 0 Å². The summed E-state index contributed by atoms with van der Waals surface area (Å²) in [5.74, 6) is 0. The molecule has 10 aromatic carbocycles. The topological polar surface area (TPSA) is 6.48 Å². The Kier molecular flexibility index (Phi) is 10.0. The van der Waals surface area contributed by atoms with E-state index in [2.05, 4.69) is 268 Å². The lowest BCUT2D eigenvalue weighted by Gasteiger charge is -2.29. The number of anilines is 6. The smallest absolute Gasteiger partial charge is 0.0540 e. The van der Waals surface area contributed by atoms with Crippen LogP contribution in [0.1, 0.15) is 47.2 Å². The van der Waals surface area contributed by atoms with Gasteiger partial charge in [0.05, 0.1) is 11.4 Å². The number of hydrogen-bond donors (Lipinski definition) is 0. The molecule has 0 spiro atoms. The standard InChI is InChI=1S/C63H50N2/c1-43-13-9-19-52(39-43)64(61-23-11-17-49-15-5-7-21-55(49)61)51-34-32-48(33-35-51)47-30-27-45(28-31-47)25-26-46-29-37-57-58-38-36-54(42-60(58)63(3,4)59(57)41-46)65(53-20-10-14-44(2)40-53)62-24-12-18-50-16-6-8-22-56(50)62/h5-42H,1-4H3/b26-25+. The second kappa shape index (κ2) is 16.3. The predicted octanol–water partition coefficient (Wildman–Crippen LogP) is 17.7. The van der Waals surface area contributed by atoms with Crippen LogP contribution in [0.5, 0.6) is 0 Å². The first-order chi connectivity index (χ1) is 31.8. The molecular weight excluding hydrogens is 785 g/mol. The first kappa shape index (κ1) is 39.9. The van der Waals surface area contributed by atoms with Crippen LogP contribution in [0.3, 0.4) is 0 Å². The van der Waals surface area contributed by atoms with E-state index in [-0.39, 0.29) is 5.41 Å². The summed E-state index contributed by atoms with van der Waals surface area (Å²) in [4.78, 5) is 4.80. The van der Waals surface area contributed by atoms with Crippen molar-refractivity contribution in [1.29, 1.82) is 0 Å². The van der Waals surface area contributed by atoms with Crippen LogP contribution in [0, 0.1) is 13.8 Å². The van der Waals surface area contributed by atoms with Crippen LogP contribution in [0.15, 0.2) is 218 Å². The van der Waals surface area contributed by atoms with Gasteiger partial charge in [-0.25, -0.2) is 0 Å². The minimum atomic E-state index is -0.176. The Morgan fingerprint density at radius 1 is 0.354 bits per heavy atom. The summed E-state index contributed by atoms with van der Waals surface area (Å²) in [6.45, 7) is 9.07. The molecule has 0 atom stereocenters. The Balaban J connectivity index is 0.852. The van der Waals surface area contributed by atoms with Gasteiger partial charge >= 0.3 is 0 Å². The van der Waals surface area contributed by atoms with Gasteiger partial charge in [-0.05, 0) is 141 Å². The monoisotopic (exact) mass is 834 g/mol. The average molecular weight is 835 g/mol. The zero-order valence-corrected chi connectivity index (χ0v) is 37.3. The quantitative estimate of drug-likeness (QED) is 0.134. The molecule has 1 aliphatic carbocycles. The fourth-order valence-electron chi connectivity index (χ4n) is 9.96. The molecule has 11 rings (SSSR count). The molecule has 2 heteroatoms. The van der Waals surface area contributed by atoms with Crippen molar-refractivity contribution in [3.05, 3.63) is 252 Å². The average Bonchev–Trinajstić information content (AvgIpc) is 3.56. The van der Waals surface area contributed by atoms with Crippen molar-refractivity contribution < 1.29 is 0 Å². The molecule has 0 saturated carbocycles. The molecule has 0 heterocycles. The molecule has 0 amide bonds. The Hall–Kier alpha value is -7.94. The van der Waals surface area contributed by atoms with E-state index in [1.807, 2.05) is 0 Å². The third-order valence-corrected chi connectivity index (χ3v) is 13.3. The largest absolute Gasteiger partial charge is 0.310 e. The van der Waals surface area contributed by atoms with Gasteiger partial charge in [0.2, 0.25) is 0 Å². The summed E-state index contributed by atoms with van der Waals surface area (Å²) >= 11 is 0. The van der Waals surface area contributed by atoms with Crippen molar-refractivity contribution in [2.24, 2.45) is 0 Å². The second-order valence-electron chi connectivity index (χ2n) is 18.0. The van der Waals surface area contributed by atoms with Gasteiger partial charge in [0.1, 0.15) is 0 Å². The molecule has 0 bridgehead atoms. The number of nitrogens with zero attached hydrogens (tertiary/aromatic N) is 2. The first-order valence-electron chi connectivity index (χ1n) is 22.7. The number of rotatable bonds is 9. The van der Waals surface area contributed by atoms with Gasteiger partial charge in [-0.2, -0.15) is 0 Å². The van der Waals surface area contributed by atoms with Crippen molar-refractivity contribution in [2.45, 2.75) is 33.1 Å². The van der Waals surface area contributed by atoms with Crippen molar-refractivity contribution in [3.8, 4) is 22.3 Å². The molecule has 0 fully saturated rings. The van der Waals surface area contributed by atoms with Crippen LogP contribution in [0.4, 0.5) is 34.1 Å². The number of fused-ring (bicyclic) bond motifs is 5. The lowest BCUT2D eigenvalue weighted by Crippen LogP contribution is -2.17. The second-order valence-corrected chi connectivity index (χ2v) is 18.0. The Morgan fingerprint density at radius 3 is 1.37 bits per heavy atom. The van der Waals surface area contributed by atoms with Gasteiger partial charge in [-0.15, -0.1) is 0 Å². The van der Waals surface area contributed by atoms with Crippen molar-refractivity contribution in [2.75, 3.05) is 9.80 Å². The molecule has 65 heavy (non-hydrogen) atoms. The molecule has 0 radical (unpaired) electrons. The van der Waals surface area contributed by atoms with Crippen LogP contribution in [-0.4, -0.2) is 0 Å². The van der Waals surface area contributed by atoms with E-state index in [1.165, 1.54) is 88.6 Å². The molecule has 1 aliphatic rings. The highest BCUT2D eigenvalue weighted by atomic mass is 15.1. The van der Waals surface area contributed by atoms with Crippen LogP contribution in [-0.2, 0) is 5.41 Å². The van der Waals surface area contributed by atoms with Crippen molar-refractivity contribution in [1.82, 2.24) is 0 Å². The maximum absolute atomic E-state index is 2.43. The van der Waals surface area contributed by atoms with Crippen LogP contribution < -0.4 is 9.80 Å². The van der Waals surface area contributed by atoms with E-state index in [0.717, 1.165) is 22.7 Å². The Morgan fingerprint density at radius 2 is 0.785 bits per heavy atom. The molecule has 312 valence electrons. The van der Waals surface area contributed by atoms with Crippen LogP contribution >= 0.6 is 0 Å². The molecule has 10 aromatic rings. The van der Waals surface area contributed by atoms with Gasteiger partial charge in [-0.1, -0.05) is 184 Å². The molecule has 0 N–H and O–H groups in total. The highest BCUT2D eigenvalue weighted by molar-refractivity contribution is 6.00. The van der Waals surface area contributed by atoms with Crippen LogP contribution in [0.2, 0.25) is 0 Å². The van der Waals surface area contributed by atoms with E-state index in [4.69, 9.17) is 0 Å². The van der Waals surface area contributed by atoms with E-state index in [0.29, 0.717) is 0 Å². The van der Waals surface area contributed by atoms with Crippen molar-refractivity contribution in [3.63, 3.8) is 0 Å². The van der Waals surface area contributed by atoms with Crippen molar-refractivity contribution >= 4 is 67.8 Å². The SMILES string of the molecule is Cc1cccc(N(c2ccc(-c3ccc(/C=C/c4ccc5c(c4)C(C)(C)c4cc(N(c6cccc(C)c6)c6cccc7ccccc67)ccc4-5)cc3)cc2)c2cccc3ccccc23)c1. The van der Waals surface area contributed by atoms with Gasteiger partial charge in [-0.3, -0.25) is 0 Å². The highest BCUT2D eigenvalue weighted by Gasteiger charge is 2.36. The highest BCUT2D eigenvalue weighted by Crippen LogP contribution is 2.51. The molecule has 2 nitrogen and oxygen atoms in total. The van der Waals surface area contributed by atoms with E-state index >= 15 is 0 Å². The van der Waals surface area contributed by atoms with Gasteiger partial charge in [0, 0.05) is 38.9 Å². The first-order valence-corrected chi connectivity index (χ1v) is 22.7. The lowest BCUT2D eigenvalue weighted by atomic mass is 9.81. The van der Waals surface area contributed by atoms with E-state index in [1.54, 1.807) is 0 Å². The summed E-state index contributed by atoms with van der Waals surface area (Å²) in [5.41, 5.74) is 19.3. The number of hydrogen-bond acceptors (Lipinski definition) is 2. The predicted molar refractivity (Wildman–Crippen MR) is 279 cm³/mol. The van der Waals surface area contributed by atoms with E-state index in [9.17, 15) is 0 Å². The molecule has 0 saturated heterocycles. The lowest BCUT2D eigenvalue weighted by molar-refractivity contribution is 0.660. The molecular formula is C63H50N2. The summed E-state index contributed by atoms with van der Waals surface area (Å²) < 4.78 is 0. The number of benzene rings is 10. The Labute approximate surface area is 383 Å². The maximum Gasteiger partial charge on any atom is 0.0540 e. The van der Waals surface area contributed by atoms with Crippen LogP contribution in [0.25, 0.3) is 56.0 Å². The fraction of sp³-hybridized carbons (Fsp3) is 0.0794. The van der Waals surface area contributed by atoms with Gasteiger partial charge < -0.3 is 9.80 Å². The Bertz CT molecular complexity index is 3420. The molecule has 0 unspecified atom stereocenters. The maximum atomic E-state index is 2.43. The zero-order valence-electron chi connectivity index (χ0n) is 37.3. The molecule has 0 aliphatic heterocycles. The summed E-state index contributed by atoms with van der Waals surface area (Å²) in [6.07, 6.45) is 4.48. The molecule has 0 aromatic heterocycles. The normalized spacial score (nSPS) is 12.7. The minimum Gasteiger partial charge on any atom is -0.310 e. The zero-order chi connectivity index (χ0) is 44.1. The third kappa shape index (κ3) is 7.37. The summed E-state index contributed by atoms with van der Waals surface area (Å²) in [5, 5.41) is 4.93. The minimum absolute atomic E-state index is 0.176. The fourth-order valence-corrected chi connectivity index (χ4v) is 9.96. The summed E-state index contributed by atoms with van der Waals surface area (Å²) in [7, 11) is 0. The van der Waals surface area contributed by atoms with Gasteiger partial charge in [0.15, 0.2) is 0 Å². The summed E-state index contributed by atoms with van der Waals surface area (Å²) in [6, 6.07) is 80.0. The number of aryl methyl sites for hydroxylation is 2. The third-order valence-electron chi connectivity index (χ3n) is 13.3.